The Balaban J connectivity index is 1.97. The van der Waals surface area contributed by atoms with Crippen molar-refractivity contribution in [3.8, 4) is 0 Å². The molecule has 0 radical (unpaired) electrons. The molecule has 0 aromatic carbocycles. The summed E-state index contributed by atoms with van der Waals surface area (Å²) < 4.78 is 0. The number of hydrogen-bond donors (Lipinski definition) is 1. The van der Waals surface area contributed by atoms with Gasteiger partial charge in [0.05, 0.1) is 6.73 Å². The van der Waals surface area contributed by atoms with E-state index in [1.165, 1.54) is 0 Å². The highest BCUT2D eigenvalue weighted by molar-refractivity contribution is 3.81. The molecule has 0 aromatic heterocycles. The van der Waals surface area contributed by atoms with Crippen LogP contribution in [-0.2, 0) is 4.89 Å². The van der Waals surface area contributed by atoms with Gasteiger partial charge in [-0.1, -0.05) is 0 Å². The molecule has 4 heavy (non-hydrogen) atoms. The van der Waals surface area contributed by atoms with E-state index in [0.29, 0.717) is 0 Å². The van der Waals surface area contributed by atoms with Crippen LogP contribution >= 0.6 is 0 Å². The SMILES string of the molecule is NCO[O-]. The van der Waals surface area contributed by atoms with Gasteiger partial charge in [0.2, 0.25) is 0 Å². The monoisotopic (exact) mass is 62.0 g/mol. The van der Waals surface area contributed by atoms with Gasteiger partial charge in [-0.15, -0.1) is 0 Å². The first-order chi connectivity index (χ1) is 1.91. The van der Waals surface area contributed by atoms with E-state index in [1.807, 2.05) is 0 Å². The summed E-state index contributed by atoms with van der Waals surface area (Å²) in [4.78, 5) is 3.07. The van der Waals surface area contributed by atoms with Gasteiger partial charge < -0.3 is 15.9 Å². The summed E-state index contributed by atoms with van der Waals surface area (Å²) in [5, 5.41) is 8.67. The second-order valence-corrected chi connectivity index (χ2v) is 0.285. The molecule has 0 saturated heterocycles. The largest absolute Gasteiger partial charge is 0.722 e. The molecule has 0 aliphatic carbocycles. The van der Waals surface area contributed by atoms with Crippen molar-refractivity contribution in [2.24, 2.45) is 5.73 Å². The Bertz CT molecular complexity index is 8.00. The first kappa shape index (κ1) is 3.88. The zero-order valence-electron chi connectivity index (χ0n) is 2.10. The zero-order valence-corrected chi connectivity index (χ0v) is 2.10. The van der Waals surface area contributed by atoms with Crippen molar-refractivity contribution < 1.29 is 10.1 Å². The molecule has 0 spiro atoms. The lowest BCUT2D eigenvalue weighted by Gasteiger charge is -1.95. The highest BCUT2D eigenvalue weighted by Gasteiger charge is 1.40. The van der Waals surface area contributed by atoms with E-state index < -0.39 is 0 Å². The van der Waals surface area contributed by atoms with Crippen LogP contribution in [0.1, 0.15) is 0 Å². The molecule has 2 N–H and O–H groups in total. The van der Waals surface area contributed by atoms with Crippen LogP contribution in [-0.4, -0.2) is 6.73 Å². The van der Waals surface area contributed by atoms with E-state index in [-0.39, 0.29) is 6.73 Å². The lowest BCUT2D eigenvalue weighted by Crippen LogP contribution is -2.12. The van der Waals surface area contributed by atoms with Crippen LogP contribution in [0.2, 0.25) is 0 Å². The lowest BCUT2D eigenvalue weighted by atomic mass is 11.4. The van der Waals surface area contributed by atoms with Crippen LogP contribution in [0.4, 0.5) is 0 Å². The molecule has 0 aliphatic heterocycles. The van der Waals surface area contributed by atoms with Crippen molar-refractivity contribution in [1.29, 1.82) is 0 Å². The van der Waals surface area contributed by atoms with Gasteiger partial charge in [-0.3, -0.25) is 0 Å². The Morgan fingerprint density at radius 3 is 2.25 bits per heavy atom. The molecule has 26 valence electrons. The van der Waals surface area contributed by atoms with Crippen molar-refractivity contribution >= 4 is 0 Å². The quantitative estimate of drug-likeness (QED) is 0.221. The maximum Gasteiger partial charge on any atom is 0.0823 e. The number of nitrogens with two attached hydrogens (primary N) is 1. The second kappa shape index (κ2) is 2.88. The van der Waals surface area contributed by atoms with E-state index in [1.54, 1.807) is 0 Å². The van der Waals surface area contributed by atoms with Crippen LogP contribution in [0.15, 0.2) is 0 Å². The third kappa shape index (κ3) is 1.88. The van der Waals surface area contributed by atoms with E-state index in [2.05, 4.69) is 10.6 Å². The van der Waals surface area contributed by atoms with Crippen molar-refractivity contribution in [3.63, 3.8) is 0 Å². The summed E-state index contributed by atoms with van der Waals surface area (Å²) in [5.74, 6) is 0. The van der Waals surface area contributed by atoms with Crippen LogP contribution in [0.5, 0.6) is 0 Å². The molecule has 0 bridgehead atoms. The summed E-state index contributed by atoms with van der Waals surface area (Å²) >= 11 is 0. The van der Waals surface area contributed by atoms with E-state index in [4.69, 9.17) is 5.26 Å². The fourth-order valence-electron chi connectivity index (χ4n) is 0. The molecule has 0 amide bonds. The molecular formula is CH4NO2-. The molecule has 0 atom stereocenters. The molecule has 0 heterocycles. The minimum atomic E-state index is -0.236. The Hall–Kier alpha value is -0.120. The minimum Gasteiger partial charge on any atom is -0.722 e. The third-order valence-corrected chi connectivity index (χ3v) is 0.0680. The van der Waals surface area contributed by atoms with Gasteiger partial charge in [0.15, 0.2) is 0 Å². The third-order valence-electron chi connectivity index (χ3n) is 0.0680. The molecule has 0 unspecified atom stereocenters. The van der Waals surface area contributed by atoms with Gasteiger partial charge in [-0.25, -0.2) is 0 Å². The lowest BCUT2D eigenvalue weighted by molar-refractivity contribution is -0.689. The highest BCUT2D eigenvalue weighted by atomic mass is 17.1. The maximum atomic E-state index is 8.67. The Kier molecular flexibility index (Phi) is 2.79. The minimum absolute atomic E-state index is 0.236. The Labute approximate surface area is 23.9 Å². The summed E-state index contributed by atoms with van der Waals surface area (Å²) in [6, 6.07) is 0. The van der Waals surface area contributed by atoms with Gasteiger partial charge >= 0.3 is 0 Å². The summed E-state index contributed by atoms with van der Waals surface area (Å²) in [5.41, 5.74) is 4.49. The van der Waals surface area contributed by atoms with Crippen molar-refractivity contribution in [3.05, 3.63) is 0 Å². The summed E-state index contributed by atoms with van der Waals surface area (Å²) in [6.07, 6.45) is 0. The van der Waals surface area contributed by atoms with Crippen LogP contribution in [0.25, 0.3) is 0 Å². The van der Waals surface area contributed by atoms with Gasteiger partial charge in [-0.05, 0) is 0 Å². The fourth-order valence-corrected chi connectivity index (χ4v) is 0. The molecular weight excluding hydrogens is 58.0 g/mol. The van der Waals surface area contributed by atoms with Crippen LogP contribution in [0.3, 0.4) is 0 Å². The predicted octanol–water partition coefficient (Wildman–Crippen LogP) is -1.81. The molecule has 0 fully saturated rings. The average molecular weight is 62.0 g/mol. The Morgan fingerprint density at radius 2 is 2.25 bits per heavy atom. The van der Waals surface area contributed by atoms with E-state index in [0.717, 1.165) is 0 Å². The summed E-state index contributed by atoms with van der Waals surface area (Å²) in [7, 11) is 0. The molecule has 0 rings (SSSR count). The fraction of sp³-hybridized carbons (Fsp3) is 1.00. The molecule has 0 saturated carbocycles. The zero-order chi connectivity index (χ0) is 3.41. The van der Waals surface area contributed by atoms with Gasteiger partial charge in [0.1, 0.15) is 0 Å². The standard InChI is InChI=1S/CH5NO2/c2-1-4-3/h3H,1-2H2/p-1. The van der Waals surface area contributed by atoms with Crippen molar-refractivity contribution in [2.75, 3.05) is 6.73 Å². The highest BCUT2D eigenvalue weighted by Crippen LogP contribution is 1.29. The molecule has 0 aromatic rings. The summed E-state index contributed by atoms with van der Waals surface area (Å²) in [6.45, 7) is -0.236. The normalized spacial score (nSPS) is 7.50. The van der Waals surface area contributed by atoms with E-state index >= 15 is 0 Å². The Morgan fingerprint density at radius 1 is 2.00 bits per heavy atom. The number of hydrogen-bond acceptors (Lipinski definition) is 3. The van der Waals surface area contributed by atoms with Crippen molar-refractivity contribution in [1.82, 2.24) is 0 Å². The predicted molar refractivity (Wildman–Crippen MR) is 10.1 cm³/mol. The maximum absolute atomic E-state index is 8.67. The van der Waals surface area contributed by atoms with Crippen LogP contribution in [0, 0.1) is 0 Å². The number of rotatable bonds is 1. The smallest absolute Gasteiger partial charge is 0.0823 e. The van der Waals surface area contributed by atoms with Gasteiger partial charge in [0.25, 0.3) is 0 Å². The molecule has 3 nitrogen and oxygen atoms in total. The molecule has 0 aliphatic rings. The molecule has 3 heteroatoms. The first-order valence-electron chi connectivity index (χ1n) is 0.864. The van der Waals surface area contributed by atoms with Gasteiger partial charge in [0, 0.05) is 0 Å². The topological polar surface area (TPSA) is 58.3 Å². The second-order valence-electron chi connectivity index (χ2n) is 0.285. The van der Waals surface area contributed by atoms with Gasteiger partial charge in [-0.2, -0.15) is 0 Å². The first-order valence-corrected chi connectivity index (χ1v) is 0.864. The van der Waals surface area contributed by atoms with E-state index in [9.17, 15) is 0 Å². The van der Waals surface area contributed by atoms with Crippen molar-refractivity contribution in [2.45, 2.75) is 0 Å². The average Bonchev–Trinajstić information content (AvgIpc) is 1.37. The van der Waals surface area contributed by atoms with Crippen LogP contribution < -0.4 is 11.0 Å².